The second-order valence-corrected chi connectivity index (χ2v) is 6.88. The number of methoxy groups -OCH3 is 2. The third kappa shape index (κ3) is 2.35. The molecule has 0 N–H and O–H groups in total. The molecule has 0 saturated carbocycles. The van der Waals surface area contributed by atoms with Crippen molar-refractivity contribution in [1.82, 2.24) is 0 Å². The lowest BCUT2D eigenvalue weighted by Crippen LogP contribution is -1.98. The molecule has 0 bridgehead atoms. The lowest BCUT2D eigenvalue weighted by molar-refractivity contribution is 0.415. The predicted molar refractivity (Wildman–Crippen MR) is 115 cm³/mol. The van der Waals surface area contributed by atoms with Crippen LogP contribution in [0.5, 0.6) is 11.5 Å². The normalized spacial score (nSPS) is 12.7. The summed E-state index contributed by atoms with van der Waals surface area (Å²) in [6, 6.07) is 15.5. The van der Waals surface area contributed by atoms with Crippen molar-refractivity contribution < 1.29 is 9.47 Å². The Morgan fingerprint density at radius 1 is 0.733 bits per heavy atom. The highest BCUT2D eigenvalue weighted by atomic mass is 16.5. The summed E-state index contributed by atoms with van der Waals surface area (Å²) in [5, 5.41) is 21.9. The van der Waals surface area contributed by atoms with E-state index in [-0.39, 0.29) is 0 Å². The Hall–Kier alpha value is -4.42. The Bertz CT molecular complexity index is 1560. The minimum absolute atomic E-state index is 0.632. The first-order chi connectivity index (χ1) is 14.7. The minimum atomic E-state index is 0.632. The van der Waals surface area contributed by atoms with Gasteiger partial charge in [0.05, 0.1) is 24.7 Å². The molecule has 0 amide bonds. The Balaban J connectivity index is 2.08. The first kappa shape index (κ1) is 17.7. The number of hydrogen-bond acceptors (Lipinski definition) is 5. The van der Waals surface area contributed by atoms with Crippen molar-refractivity contribution in [3.05, 3.63) is 70.8 Å². The number of rotatable bonds is 2. The second kappa shape index (κ2) is 6.58. The van der Waals surface area contributed by atoms with Crippen LogP contribution in [0.25, 0.3) is 48.0 Å². The highest BCUT2D eigenvalue weighted by molar-refractivity contribution is 6.21. The van der Waals surface area contributed by atoms with Crippen molar-refractivity contribution in [3.63, 3.8) is 0 Å². The zero-order valence-corrected chi connectivity index (χ0v) is 16.2. The summed E-state index contributed by atoms with van der Waals surface area (Å²) >= 11 is 0. The van der Waals surface area contributed by atoms with Gasteiger partial charge in [-0.05, 0) is 70.1 Å². The maximum Gasteiger partial charge on any atom is 0.206 e. The van der Waals surface area contributed by atoms with Crippen LogP contribution in [-0.2, 0) is 0 Å². The number of fused-ring (bicyclic) bond motifs is 6. The van der Waals surface area contributed by atoms with Crippen LogP contribution in [0.4, 0.5) is 0 Å². The van der Waals surface area contributed by atoms with Crippen molar-refractivity contribution in [2.75, 3.05) is 14.2 Å². The summed E-state index contributed by atoms with van der Waals surface area (Å²) < 4.78 is 10.8. The molecular formula is C24H14N4O2. The van der Waals surface area contributed by atoms with E-state index in [2.05, 4.69) is 15.0 Å². The maximum atomic E-state index is 9.28. The molecule has 0 aliphatic heterocycles. The van der Waals surface area contributed by atoms with Gasteiger partial charge in [0.2, 0.25) is 6.19 Å². The molecular weight excluding hydrogens is 376 g/mol. The van der Waals surface area contributed by atoms with Gasteiger partial charge in [0.1, 0.15) is 11.5 Å². The van der Waals surface area contributed by atoms with Crippen molar-refractivity contribution in [1.29, 1.82) is 5.26 Å². The molecule has 0 spiro atoms. The molecule has 5 aromatic rings. The maximum absolute atomic E-state index is 9.28. The molecule has 6 nitrogen and oxygen atoms in total. The van der Waals surface area contributed by atoms with E-state index in [1.54, 1.807) is 14.2 Å². The molecule has 0 radical (unpaired) electrons. The Morgan fingerprint density at radius 3 is 1.73 bits per heavy atom. The Labute approximate surface area is 171 Å². The van der Waals surface area contributed by atoms with Gasteiger partial charge >= 0.3 is 0 Å². The fourth-order valence-corrected chi connectivity index (χ4v) is 4.21. The van der Waals surface area contributed by atoms with Crippen LogP contribution in [0.15, 0.2) is 58.6 Å². The van der Waals surface area contributed by atoms with Gasteiger partial charge in [-0.3, -0.25) is 0 Å². The molecule has 6 heteroatoms. The largest absolute Gasteiger partial charge is 0.497 e. The van der Waals surface area contributed by atoms with E-state index in [1.165, 1.54) is 0 Å². The molecule has 5 aromatic carbocycles. The van der Waals surface area contributed by atoms with Crippen molar-refractivity contribution in [3.8, 4) is 17.7 Å². The molecule has 0 aliphatic rings. The van der Waals surface area contributed by atoms with E-state index >= 15 is 0 Å². The van der Waals surface area contributed by atoms with Gasteiger partial charge in [-0.25, -0.2) is 0 Å². The summed E-state index contributed by atoms with van der Waals surface area (Å²) in [6.45, 7) is 7.28. The average Bonchev–Trinajstić information content (AvgIpc) is 3.25. The van der Waals surface area contributed by atoms with Gasteiger partial charge in [-0.2, -0.15) is 16.8 Å². The lowest BCUT2D eigenvalue weighted by Gasteiger charge is -2.00. The van der Waals surface area contributed by atoms with Gasteiger partial charge in [0.15, 0.2) is 5.36 Å². The molecule has 0 heterocycles. The number of nitriles is 1. The van der Waals surface area contributed by atoms with Crippen LogP contribution >= 0.6 is 0 Å². The third-order valence-corrected chi connectivity index (χ3v) is 5.52. The zero-order valence-electron chi connectivity index (χ0n) is 16.2. The van der Waals surface area contributed by atoms with E-state index in [0.29, 0.717) is 10.7 Å². The first-order valence-electron chi connectivity index (χ1n) is 9.17. The van der Waals surface area contributed by atoms with Crippen LogP contribution in [0.3, 0.4) is 0 Å². The SMILES string of the molecule is [C-]#[N+]/N=c1\c2ccc(OC)cc2c2cc3c(=NC#N)c4ccc(OC)cc4c3cc12. The van der Waals surface area contributed by atoms with Gasteiger partial charge in [-0.1, -0.05) is 0 Å². The highest BCUT2D eigenvalue weighted by Crippen LogP contribution is 2.34. The first-order valence-corrected chi connectivity index (χ1v) is 9.17. The van der Waals surface area contributed by atoms with Crippen LogP contribution < -0.4 is 20.2 Å². The van der Waals surface area contributed by atoms with Crippen molar-refractivity contribution in [2.45, 2.75) is 0 Å². The van der Waals surface area contributed by atoms with Crippen LogP contribution in [0.1, 0.15) is 0 Å². The molecule has 0 saturated heterocycles. The summed E-state index contributed by atoms with van der Waals surface area (Å²) in [6.07, 6.45) is 1.93. The number of benzene rings is 3. The molecule has 0 atom stereocenters. The summed E-state index contributed by atoms with van der Waals surface area (Å²) in [4.78, 5) is 7.40. The zero-order chi connectivity index (χ0) is 20.8. The smallest absolute Gasteiger partial charge is 0.206 e. The van der Waals surface area contributed by atoms with Gasteiger partial charge in [0, 0.05) is 21.5 Å². The topological polar surface area (TPSA) is 71.3 Å². The summed E-state index contributed by atoms with van der Waals surface area (Å²) in [5.74, 6) is 1.45. The average molecular weight is 390 g/mol. The number of hydrogen-bond donors (Lipinski definition) is 0. The predicted octanol–water partition coefficient (Wildman–Crippen LogP) is 4.31. The van der Waals surface area contributed by atoms with E-state index in [0.717, 1.165) is 54.6 Å². The number of ether oxygens (including phenoxy) is 2. The highest BCUT2D eigenvalue weighted by Gasteiger charge is 2.17. The molecule has 0 aromatic heterocycles. The van der Waals surface area contributed by atoms with Crippen LogP contribution in [-0.4, -0.2) is 14.2 Å². The second-order valence-electron chi connectivity index (χ2n) is 6.88. The fourth-order valence-electron chi connectivity index (χ4n) is 4.21. The molecule has 142 valence electrons. The minimum Gasteiger partial charge on any atom is -0.497 e. The summed E-state index contributed by atoms with van der Waals surface area (Å²) in [5.41, 5.74) is 0. The van der Waals surface area contributed by atoms with Crippen LogP contribution in [0.2, 0.25) is 0 Å². The molecule has 0 aliphatic carbocycles. The van der Waals surface area contributed by atoms with E-state index in [4.69, 9.17) is 16.0 Å². The van der Waals surface area contributed by atoms with Gasteiger partial charge in [-0.15, -0.1) is 4.95 Å². The fraction of sp³-hybridized carbons (Fsp3) is 0.0833. The summed E-state index contributed by atoms with van der Waals surface area (Å²) in [7, 11) is 3.24. The van der Waals surface area contributed by atoms with E-state index in [9.17, 15) is 5.26 Å². The van der Waals surface area contributed by atoms with Gasteiger partial charge < -0.3 is 9.47 Å². The standard InChI is InChI=1S/C24H14N4O2/c1-26-28-24-16-7-5-14(30-3)9-18(16)20-10-21-19(11-22(20)24)17-8-13(29-2)4-6-15(17)23(21)27-12-25/h4-11H,2-3H3/b27-23?,28-24+. The quantitative estimate of drug-likeness (QED) is 0.256. The van der Waals surface area contributed by atoms with Crippen molar-refractivity contribution in [2.24, 2.45) is 10.1 Å². The number of nitrogens with zero attached hydrogens (tertiary/aromatic N) is 4. The monoisotopic (exact) mass is 390 g/mol. The van der Waals surface area contributed by atoms with Crippen molar-refractivity contribution >= 4 is 43.1 Å². The Morgan fingerprint density at radius 2 is 1.23 bits per heavy atom. The van der Waals surface area contributed by atoms with Crippen LogP contribution in [0, 0.1) is 18.0 Å². The third-order valence-electron chi connectivity index (χ3n) is 5.52. The van der Waals surface area contributed by atoms with E-state index < -0.39 is 0 Å². The molecule has 0 unspecified atom stereocenters. The molecule has 0 fully saturated rings. The Kier molecular flexibility index (Phi) is 3.87. The molecule has 5 rings (SSSR count). The lowest BCUT2D eigenvalue weighted by atomic mass is 10.1. The van der Waals surface area contributed by atoms with Gasteiger partial charge in [0.25, 0.3) is 0 Å². The molecule has 30 heavy (non-hydrogen) atoms. The van der Waals surface area contributed by atoms with E-state index in [1.807, 2.05) is 54.7 Å².